The topological polar surface area (TPSA) is 32.3 Å². The first-order valence-electron chi connectivity index (χ1n) is 8.11. The van der Waals surface area contributed by atoms with Gasteiger partial charge in [-0.2, -0.15) is 0 Å². The Morgan fingerprint density at radius 2 is 1.71 bits per heavy atom. The molecule has 0 atom stereocenters. The van der Waals surface area contributed by atoms with Gasteiger partial charge in [0.25, 0.3) is 0 Å². The fourth-order valence-electron chi connectivity index (χ4n) is 3.51. The van der Waals surface area contributed by atoms with Gasteiger partial charge in [0.15, 0.2) is 0 Å². The summed E-state index contributed by atoms with van der Waals surface area (Å²) in [5.74, 6) is 0. The zero-order valence-electron chi connectivity index (χ0n) is 12.6. The molecule has 0 aliphatic heterocycles. The van der Waals surface area contributed by atoms with E-state index in [0.717, 1.165) is 25.9 Å². The van der Waals surface area contributed by atoms with Gasteiger partial charge < -0.3 is 10.4 Å². The van der Waals surface area contributed by atoms with E-state index in [1.54, 1.807) is 0 Å². The van der Waals surface area contributed by atoms with Crippen molar-refractivity contribution in [3.05, 3.63) is 48.0 Å². The summed E-state index contributed by atoms with van der Waals surface area (Å²) in [7, 11) is 0. The van der Waals surface area contributed by atoms with E-state index < -0.39 is 0 Å². The molecule has 2 heteroatoms. The van der Waals surface area contributed by atoms with Gasteiger partial charge in [0.2, 0.25) is 0 Å². The van der Waals surface area contributed by atoms with Crippen LogP contribution in [0.3, 0.4) is 0 Å². The number of fused-ring (bicyclic) bond motifs is 1. The van der Waals surface area contributed by atoms with Crippen LogP contribution < -0.4 is 5.32 Å². The van der Waals surface area contributed by atoms with Crippen LogP contribution in [0.4, 0.5) is 0 Å². The maximum atomic E-state index is 9.74. The highest BCUT2D eigenvalue weighted by molar-refractivity contribution is 5.82. The largest absolute Gasteiger partial charge is 0.396 e. The third-order valence-electron chi connectivity index (χ3n) is 4.89. The second kappa shape index (κ2) is 6.59. The molecule has 112 valence electrons. The van der Waals surface area contributed by atoms with Gasteiger partial charge in [0, 0.05) is 25.1 Å². The van der Waals surface area contributed by atoms with Crippen molar-refractivity contribution in [3.63, 3.8) is 0 Å². The average Bonchev–Trinajstić information content (AvgIpc) is 2.55. The van der Waals surface area contributed by atoms with E-state index in [-0.39, 0.29) is 5.41 Å². The third kappa shape index (κ3) is 3.45. The molecule has 0 unspecified atom stereocenters. The molecule has 0 bridgehead atoms. The van der Waals surface area contributed by atoms with Crippen molar-refractivity contribution in [2.24, 2.45) is 5.41 Å². The van der Waals surface area contributed by atoms with Gasteiger partial charge in [0.1, 0.15) is 0 Å². The lowest BCUT2D eigenvalue weighted by Crippen LogP contribution is -2.38. The first-order valence-corrected chi connectivity index (χ1v) is 8.11. The van der Waals surface area contributed by atoms with E-state index in [4.69, 9.17) is 0 Å². The molecule has 2 N–H and O–H groups in total. The Bertz CT molecular complexity index is 587. The van der Waals surface area contributed by atoms with Gasteiger partial charge in [-0.1, -0.05) is 55.7 Å². The lowest BCUT2D eigenvalue weighted by Gasteiger charge is -2.35. The van der Waals surface area contributed by atoms with Crippen molar-refractivity contribution in [2.45, 2.75) is 38.6 Å². The second-order valence-corrected chi connectivity index (χ2v) is 6.50. The molecule has 1 fully saturated rings. The van der Waals surface area contributed by atoms with Crippen LogP contribution in [-0.2, 0) is 6.54 Å². The van der Waals surface area contributed by atoms with Crippen LogP contribution in [0.25, 0.3) is 10.8 Å². The third-order valence-corrected chi connectivity index (χ3v) is 4.89. The van der Waals surface area contributed by atoms with E-state index in [1.807, 2.05) is 0 Å². The van der Waals surface area contributed by atoms with E-state index in [2.05, 4.69) is 47.8 Å². The Labute approximate surface area is 127 Å². The molecular formula is C19H25NO. The number of benzene rings is 2. The fourth-order valence-corrected chi connectivity index (χ4v) is 3.51. The molecule has 0 aromatic heterocycles. The van der Waals surface area contributed by atoms with Crippen molar-refractivity contribution in [1.82, 2.24) is 5.32 Å². The molecule has 1 aliphatic rings. The summed E-state index contributed by atoms with van der Waals surface area (Å²) in [6, 6.07) is 15.1. The molecule has 0 saturated heterocycles. The highest BCUT2D eigenvalue weighted by Gasteiger charge is 2.30. The molecule has 2 aromatic carbocycles. The Morgan fingerprint density at radius 1 is 0.952 bits per heavy atom. The van der Waals surface area contributed by atoms with Crippen LogP contribution in [0.15, 0.2) is 42.5 Å². The smallest absolute Gasteiger partial charge is 0.0499 e. The van der Waals surface area contributed by atoms with Crippen molar-refractivity contribution in [2.75, 3.05) is 13.2 Å². The molecule has 0 radical (unpaired) electrons. The van der Waals surface area contributed by atoms with E-state index >= 15 is 0 Å². The quantitative estimate of drug-likeness (QED) is 0.873. The van der Waals surface area contributed by atoms with Crippen molar-refractivity contribution >= 4 is 10.8 Å². The van der Waals surface area contributed by atoms with Gasteiger partial charge >= 0.3 is 0 Å². The molecule has 21 heavy (non-hydrogen) atoms. The molecule has 0 amide bonds. The number of hydrogen-bond donors (Lipinski definition) is 2. The average molecular weight is 283 g/mol. The molecule has 2 aromatic rings. The van der Waals surface area contributed by atoms with E-state index in [1.165, 1.54) is 35.6 Å². The molecule has 2 nitrogen and oxygen atoms in total. The number of hydrogen-bond acceptors (Lipinski definition) is 2. The van der Waals surface area contributed by atoms with Gasteiger partial charge in [-0.25, -0.2) is 0 Å². The molecule has 3 rings (SSSR count). The maximum absolute atomic E-state index is 9.74. The maximum Gasteiger partial charge on any atom is 0.0499 e. The van der Waals surface area contributed by atoms with Crippen molar-refractivity contribution in [3.8, 4) is 0 Å². The number of aliphatic hydroxyl groups is 1. The van der Waals surface area contributed by atoms with Gasteiger partial charge in [-0.05, 0) is 35.2 Å². The lowest BCUT2D eigenvalue weighted by atomic mass is 9.74. The highest BCUT2D eigenvalue weighted by Crippen LogP contribution is 2.35. The standard InChI is InChI=1S/C19H25NO/c21-15-19(10-4-1-5-11-19)14-20-13-16-8-9-17-6-2-3-7-18(17)12-16/h2-3,6-9,12,20-21H,1,4-5,10-11,13-15H2. The minimum absolute atomic E-state index is 0.120. The van der Waals surface area contributed by atoms with Gasteiger partial charge in [0.05, 0.1) is 0 Å². The van der Waals surface area contributed by atoms with Crippen LogP contribution in [0.1, 0.15) is 37.7 Å². The van der Waals surface area contributed by atoms with Crippen molar-refractivity contribution in [1.29, 1.82) is 0 Å². The van der Waals surface area contributed by atoms with E-state index in [0.29, 0.717) is 6.61 Å². The monoisotopic (exact) mass is 283 g/mol. The number of nitrogens with one attached hydrogen (secondary N) is 1. The van der Waals surface area contributed by atoms with Crippen LogP contribution >= 0.6 is 0 Å². The first-order chi connectivity index (χ1) is 10.3. The molecular weight excluding hydrogens is 258 g/mol. The minimum Gasteiger partial charge on any atom is -0.396 e. The predicted molar refractivity (Wildman–Crippen MR) is 88.3 cm³/mol. The van der Waals surface area contributed by atoms with Gasteiger partial charge in [-0.15, -0.1) is 0 Å². The summed E-state index contributed by atoms with van der Waals surface area (Å²) >= 11 is 0. The van der Waals surface area contributed by atoms with Crippen LogP contribution in [-0.4, -0.2) is 18.3 Å². The van der Waals surface area contributed by atoms with Gasteiger partial charge in [-0.3, -0.25) is 0 Å². The van der Waals surface area contributed by atoms with Crippen LogP contribution in [0.2, 0.25) is 0 Å². The number of aliphatic hydroxyl groups excluding tert-OH is 1. The molecule has 1 saturated carbocycles. The second-order valence-electron chi connectivity index (χ2n) is 6.50. The first kappa shape index (κ1) is 14.6. The highest BCUT2D eigenvalue weighted by atomic mass is 16.3. The van der Waals surface area contributed by atoms with E-state index in [9.17, 15) is 5.11 Å². The summed E-state index contributed by atoms with van der Waals surface area (Å²) in [5.41, 5.74) is 1.44. The summed E-state index contributed by atoms with van der Waals surface area (Å²) < 4.78 is 0. The Hall–Kier alpha value is -1.38. The molecule has 1 aliphatic carbocycles. The summed E-state index contributed by atoms with van der Waals surface area (Å²) in [6.07, 6.45) is 6.17. The zero-order chi connectivity index (χ0) is 14.5. The fraction of sp³-hybridized carbons (Fsp3) is 0.474. The van der Waals surface area contributed by atoms with Crippen LogP contribution in [0.5, 0.6) is 0 Å². The zero-order valence-corrected chi connectivity index (χ0v) is 12.6. The number of rotatable bonds is 5. The lowest BCUT2D eigenvalue weighted by molar-refractivity contribution is 0.0810. The summed E-state index contributed by atoms with van der Waals surface area (Å²) in [4.78, 5) is 0. The Morgan fingerprint density at radius 3 is 2.48 bits per heavy atom. The SMILES string of the molecule is OCC1(CNCc2ccc3ccccc3c2)CCCCC1. The Kier molecular flexibility index (Phi) is 4.57. The summed E-state index contributed by atoms with van der Waals surface area (Å²) in [5, 5.41) is 15.9. The minimum atomic E-state index is 0.120. The van der Waals surface area contributed by atoms with Crippen LogP contribution in [0, 0.1) is 5.41 Å². The normalized spacial score (nSPS) is 18.0. The molecule has 0 heterocycles. The Balaban J connectivity index is 1.60. The predicted octanol–water partition coefficient (Wildman–Crippen LogP) is 3.87. The summed E-state index contributed by atoms with van der Waals surface area (Å²) in [6.45, 7) is 2.13. The van der Waals surface area contributed by atoms with Crippen molar-refractivity contribution < 1.29 is 5.11 Å². The molecule has 0 spiro atoms.